The molecular weight excluding hydrogens is 537 g/mol. The fourth-order valence-electron chi connectivity index (χ4n) is 4.70. The van der Waals surface area contributed by atoms with Crippen LogP contribution >= 0.6 is 11.6 Å². The molecule has 5 rings (SSSR count). The van der Waals surface area contributed by atoms with E-state index in [0.29, 0.717) is 53.2 Å². The molecule has 3 aromatic carbocycles. The van der Waals surface area contributed by atoms with Crippen molar-refractivity contribution in [2.24, 2.45) is 0 Å². The molecule has 1 saturated heterocycles. The molecule has 0 spiro atoms. The highest BCUT2D eigenvalue weighted by Gasteiger charge is 2.32. The van der Waals surface area contributed by atoms with Crippen LogP contribution in [-0.2, 0) is 6.54 Å². The fourth-order valence-corrected chi connectivity index (χ4v) is 4.82. The SMILES string of the molecule is CC.N.O=C(c1ccc(Cl)cc1)N1CCN(c2c([N+](=O)[O-])c(=O)n(Cc3ccc(F)cc3)c3ccccc23)CC1. The molecule has 1 aliphatic rings. The van der Waals surface area contributed by atoms with Gasteiger partial charge in [0.05, 0.1) is 17.0 Å². The van der Waals surface area contributed by atoms with Crippen molar-refractivity contribution in [3.8, 4) is 0 Å². The zero-order valence-corrected chi connectivity index (χ0v) is 23.1. The van der Waals surface area contributed by atoms with E-state index in [9.17, 15) is 24.1 Å². The monoisotopic (exact) mass is 567 g/mol. The third-order valence-corrected chi connectivity index (χ3v) is 6.78. The lowest BCUT2D eigenvalue weighted by Gasteiger charge is -2.36. The second-order valence-electron chi connectivity index (χ2n) is 8.78. The topological polar surface area (TPSA) is 124 Å². The van der Waals surface area contributed by atoms with Crippen LogP contribution in [0.15, 0.2) is 77.6 Å². The first kappa shape index (κ1) is 30.3. The van der Waals surface area contributed by atoms with Gasteiger partial charge in [-0.1, -0.05) is 55.8 Å². The normalized spacial score (nSPS) is 12.8. The minimum atomic E-state index is -0.734. The summed E-state index contributed by atoms with van der Waals surface area (Å²) in [6.07, 6.45) is 0. The molecule has 4 aromatic rings. The van der Waals surface area contributed by atoms with E-state index in [0.717, 1.165) is 0 Å². The number of anilines is 1. The average molecular weight is 568 g/mol. The number of piperazine rings is 1. The largest absolute Gasteiger partial charge is 0.362 e. The summed E-state index contributed by atoms with van der Waals surface area (Å²) in [5.74, 6) is -0.554. The Morgan fingerprint density at radius 1 is 0.950 bits per heavy atom. The number of halogens is 2. The molecule has 0 aliphatic carbocycles. The van der Waals surface area contributed by atoms with Crippen molar-refractivity contribution in [2.45, 2.75) is 20.4 Å². The standard InChI is InChI=1S/C27H22ClFN4O4.C2H6.H3N/c28-20-9-7-19(8-10-20)26(34)31-15-13-30(14-16-31)24-22-3-1-2-4-23(22)32(27(35)25(24)33(36)37)17-18-5-11-21(29)12-6-18;1-2;/h1-12H,13-17H2;1-2H3;1H3. The van der Waals surface area contributed by atoms with Gasteiger partial charge in [0.25, 0.3) is 5.91 Å². The van der Waals surface area contributed by atoms with Crippen LogP contribution < -0.4 is 16.6 Å². The van der Waals surface area contributed by atoms with Crippen LogP contribution in [0.2, 0.25) is 5.02 Å². The number of para-hydroxylation sites is 1. The first-order chi connectivity index (χ1) is 18.8. The Bertz CT molecular complexity index is 1550. The van der Waals surface area contributed by atoms with Gasteiger partial charge in [0.15, 0.2) is 0 Å². The van der Waals surface area contributed by atoms with Crippen molar-refractivity contribution >= 4 is 39.8 Å². The van der Waals surface area contributed by atoms with Gasteiger partial charge in [0.1, 0.15) is 11.5 Å². The zero-order chi connectivity index (χ0) is 28.1. The highest BCUT2D eigenvalue weighted by molar-refractivity contribution is 6.30. The number of nitrogens with zero attached hydrogens (tertiary/aromatic N) is 4. The van der Waals surface area contributed by atoms with Crippen LogP contribution in [0.1, 0.15) is 29.8 Å². The maximum Gasteiger partial charge on any atom is 0.357 e. The molecule has 0 atom stereocenters. The maximum atomic E-state index is 13.5. The number of hydrogen-bond acceptors (Lipinski definition) is 6. The van der Waals surface area contributed by atoms with Crippen LogP contribution in [0.4, 0.5) is 15.8 Å². The van der Waals surface area contributed by atoms with E-state index in [2.05, 4.69) is 0 Å². The lowest BCUT2D eigenvalue weighted by molar-refractivity contribution is -0.385. The zero-order valence-electron chi connectivity index (χ0n) is 22.3. The van der Waals surface area contributed by atoms with Crippen LogP contribution in [0, 0.1) is 15.9 Å². The quantitative estimate of drug-likeness (QED) is 0.236. The molecule has 0 bridgehead atoms. The predicted octanol–water partition coefficient (Wildman–Crippen LogP) is 5.90. The first-order valence-corrected chi connectivity index (χ1v) is 13.1. The van der Waals surface area contributed by atoms with E-state index in [1.54, 1.807) is 70.5 Å². The average Bonchev–Trinajstić information content (AvgIpc) is 2.96. The molecule has 3 N–H and O–H groups in total. The van der Waals surface area contributed by atoms with Crippen LogP contribution in [0.25, 0.3) is 10.9 Å². The van der Waals surface area contributed by atoms with E-state index in [-0.39, 0.29) is 24.3 Å². The first-order valence-electron chi connectivity index (χ1n) is 12.7. The van der Waals surface area contributed by atoms with Gasteiger partial charge in [0, 0.05) is 42.2 Å². The number of carbonyl (C=O) groups excluding carboxylic acids is 1. The summed E-state index contributed by atoms with van der Waals surface area (Å²) in [5, 5.41) is 13.3. The Morgan fingerprint density at radius 3 is 2.15 bits per heavy atom. The second kappa shape index (κ2) is 13.2. The minimum absolute atomic E-state index is 0. The molecule has 0 radical (unpaired) electrons. The lowest BCUT2D eigenvalue weighted by Crippen LogP contribution is -2.49. The Morgan fingerprint density at radius 2 is 1.55 bits per heavy atom. The summed E-state index contributed by atoms with van der Waals surface area (Å²) in [5.41, 5.74) is 0.695. The van der Waals surface area contributed by atoms with Gasteiger partial charge in [-0.05, 0) is 48.0 Å². The van der Waals surface area contributed by atoms with Crippen molar-refractivity contribution in [1.29, 1.82) is 0 Å². The molecule has 40 heavy (non-hydrogen) atoms. The summed E-state index contributed by atoms with van der Waals surface area (Å²) in [7, 11) is 0. The number of pyridine rings is 1. The second-order valence-corrected chi connectivity index (χ2v) is 9.21. The minimum Gasteiger partial charge on any atom is -0.362 e. The van der Waals surface area contributed by atoms with E-state index < -0.39 is 22.0 Å². The van der Waals surface area contributed by atoms with Crippen molar-refractivity contribution in [2.75, 3.05) is 31.1 Å². The number of rotatable bonds is 5. The molecule has 0 unspecified atom stereocenters. The van der Waals surface area contributed by atoms with Crippen molar-refractivity contribution < 1.29 is 14.1 Å². The number of amides is 1. The summed E-state index contributed by atoms with van der Waals surface area (Å²) >= 11 is 5.92. The molecule has 1 amide bonds. The number of nitro groups is 1. The van der Waals surface area contributed by atoms with Gasteiger partial charge in [-0.25, -0.2) is 4.39 Å². The Labute approximate surface area is 236 Å². The van der Waals surface area contributed by atoms with E-state index >= 15 is 0 Å². The van der Waals surface area contributed by atoms with Gasteiger partial charge in [0.2, 0.25) is 0 Å². The highest BCUT2D eigenvalue weighted by Crippen LogP contribution is 2.34. The molecule has 9 nitrogen and oxygen atoms in total. The summed E-state index contributed by atoms with van der Waals surface area (Å²) in [4.78, 5) is 41.5. The van der Waals surface area contributed by atoms with Crippen molar-refractivity contribution in [3.05, 3.63) is 115 Å². The number of aromatic nitrogens is 1. The molecule has 1 aromatic heterocycles. The Balaban J connectivity index is 0.00000144. The molecule has 1 aliphatic heterocycles. The number of fused-ring (bicyclic) bond motifs is 1. The van der Waals surface area contributed by atoms with E-state index in [4.69, 9.17) is 11.6 Å². The molecule has 11 heteroatoms. The smallest absolute Gasteiger partial charge is 0.357 e. The lowest BCUT2D eigenvalue weighted by atomic mass is 10.1. The fraction of sp³-hybridized carbons (Fsp3) is 0.241. The van der Waals surface area contributed by atoms with Gasteiger partial charge < -0.3 is 16.0 Å². The van der Waals surface area contributed by atoms with E-state index in [1.165, 1.54) is 16.7 Å². The highest BCUT2D eigenvalue weighted by atomic mass is 35.5. The summed E-state index contributed by atoms with van der Waals surface area (Å²) in [6, 6.07) is 19.3. The van der Waals surface area contributed by atoms with Gasteiger partial charge >= 0.3 is 11.2 Å². The van der Waals surface area contributed by atoms with E-state index in [1.807, 2.05) is 13.8 Å². The van der Waals surface area contributed by atoms with Gasteiger partial charge in [-0.2, -0.15) is 0 Å². The molecule has 210 valence electrons. The van der Waals surface area contributed by atoms with Crippen LogP contribution in [0.3, 0.4) is 0 Å². The molecule has 2 heterocycles. The number of benzene rings is 3. The number of carbonyl (C=O) groups is 1. The number of hydrogen-bond donors (Lipinski definition) is 1. The third kappa shape index (κ3) is 6.13. The van der Waals surface area contributed by atoms with Crippen LogP contribution in [-0.4, -0.2) is 46.5 Å². The van der Waals surface area contributed by atoms with Crippen molar-refractivity contribution in [3.63, 3.8) is 0 Å². The summed E-state index contributed by atoms with van der Waals surface area (Å²) in [6.45, 7) is 5.39. The van der Waals surface area contributed by atoms with Gasteiger partial charge in [-0.15, -0.1) is 0 Å². The van der Waals surface area contributed by atoms with Gasteiger partial charge in [-0.3, -0.25) is 24.3 Å². The Hall–Kier alpha value is -4.28. The van der Waals surface area contributed by atoms with Crippen molar-refractivity contribution in [1.82, 2.24) is 15.6 Å². The summed E-state index contributed by atoms with van der Waals surface area (Å²) < 4.78 is 14.7. The molecule has 0 saturated carbocycles. The third-order valence-electron chi connectivity index (χ3n) is 6.53. The maximum absolute atomic E-state index is 13.5. The predicted molar refractivity (Wildman–Crippen MR) is 156 cm³/mol. The molecule has 1 fully saturated rings. The Kier molecular flexibility index (Phi) is 9.98. The van der Waals surface area contributed by atoms with Crippen LogP contribution in [0.5, 0.6) is 0 Å². The molecular formula is C29H31ClFN5O4.